The van der Waals surface area contributed by atoms with Crippen LogP contribution in [0.1, 0.15) is 78.7 Å². The number of ether oxygens (including phenoxy) is 1. The SMILES string of the molecule is COC1(c2nc(C3CC3)c(C(=O)O)s2)CCC(C)(C)CC1. The summed E-state index contributed by atoms with van der Waals surface area (Å²) in [5.41, 5.74) is 0.759. The fourth-order valence-corrected chi connectivity index (χ4v) is 4.36. The first-order valence-electron chi connectivity index (χ1n) is 7.66. The Morgan fingerprint density at radius 1 is 1.29 bits per heavy atom. The Hall–Kier alpha value is -0.940. The van der Waals surface area contributed by atoms with Crippen LogP contribution in [0.5, 0.6) is 0 Å². The van der Waals surface area contributed by atoms with Crippen LogP contribution < -0.4 is 0 Å². The fraction of sp³-hybridized carbons (Fsp3) is 0.750. The second kappa shape index (κ2) is 5.06. The number of nitrogens with zero attached hydrogens (tertiary/aromatic N) is 1. The summed E-state index contributed by atoms with van der Waals surface area (Å²) in [6, 6.07) is 0. The molecule has 0 saturated heterocycles. The van der Waals surface area contributed by atoms with E-state index in [0.29, 0.717) is 16.2 Å². The highest BCUT2D eigenvalue weighted by Gasteiger charge is 2.44. The van der Waals surface area contributed by atoms with Crippen LogP contribution in [0.4, 0.5) is 0 Å². The lowest BCUT2D eigenvalue weighted by atomic mass is 9.71. The molecule has 0 aromatic carbocycles. The van der Waals surface area contributed by atoms with Crippen molar-refractivity contribution in [1.29, 1.82) is 0 Å². The third-order valence-corrected chi connectivity index (χ3v) is 6.25. The van der Waals surface area contributed by atoms with Gasteiger partial charge in [-0.25, -0.2) is 9.78 Å². The summed E-state index contributed by atoms with van der Waals surface area (Å²) in [5.74, 6) is -0.488. The largest absolute Gasteiger partial charge is 0.477 e. The zero-order valence-electron chi connectivity index (χ0n) is 12.9. The maximum Gasteiger partial charge on any atom is 0.347 e. The Kier molecular flexibility index (Phi) is 3.61. The standard InChI is InChI=1S/C16H23NO3S/c1-15(2)6-8-16(20-3,9-7-15)14-17-11(10-4-5-10)12(21-14)13(18)19/h10H,4-9H2,1-3H3,(H,18,19). The van der Waals surface area contributed by atoms with Gasteiger partial charge in [0.15, 0.2) is 0 Å². The van der Waals surface area contributed by atoms with E-state index in [-0.39, 0.29) is 5.60 Å². The maximum atomic E-state index is 11.5. The molecule has 2 aliphatic rings. The summed E-state index contributed by atoms with van der Waals surface area (Å²) >= 11 is 1.33. The van der Waals surface area contributed by atoms with E-state index >= 15 is 0 Å². The van der Waals surface area contributed by atoms with E-state index in [1.165, 1.54) is 11.3 Å². The van der Waals surface area contributed by atoms with Crippen molar-refractivity contribution >= 4 is 17.3 Å². The van der Waals surface area contributed by atoms with Crippen LogP contribution >= 0.6 is 11.3 Å². The third-order valence-electron chi connectivity index (χ3n) is 5.00. The Morgan fingerprint density at radius 2 is 1.90 bits per heavy atom. The zero-order chi connectivity index (χ0) is 15.3. The minimum absolute atomic E-state index is 0.342. The van der Waals surface area contributed by atoms with E-state index in [0.717, 1.165) is 49.2 Å². The highest BCUT2D eigenvalue weighted by Crippen LogP contribution is 2.50. The quantitative estimate of drug-likeness (QED) is 0.907. The van der Waals surface area contributed by atoms with Gasteiger partial charge in [-0.3, -0.25) is 0 Å². The molecule has 3 rings (SSSR count). The van der Waals surface area contributed by atoms with E-state index in [1.807, 2.05) is 0 Å². The Balaban J connectivity index is 1.94. The fourth-order valence-electron chi connectivity index (χ4n) is 3.15. The molecule has 1 N–H and O–H groups in total. The van der Waals surface area contributed by atoms with Gasteiger partial charge in [0, 0.05) is 13.0 Å². The molecule has 0 aliphatic heterocycles. The van der Waals surface area contributed by atoms with Crippen LogP contribution in [0, 0.1) is 5.41 Å². The molecule has 0 atom stereocenters. The lowest BCUT2D eigenvalue weighted by Gasteiger charge is -2.41. The topological polar surface area (TPSA) is 59.4 Å². The second-order valence-electron chi connectivity index (χ2n) is 7.18. The summed E-state index contributed by atoms with van der Waals surface area (Å²) in [6.45, 7) is 4.57. The molecule has 2 fully saturated rings. The lowest BCUT2D eigenvalue weighted by Crippen LogP contribution is -2.36. The van der Waals surface area contributed by atoms with Crippen LogP contribution in [-0.2, 0) is 10.3 Å². The molecular weight excluding hydrogens is 286 g/mol. The number of hydrogen-bond acceptors (Lipinski definition) is 4. The predicted molar refractivity (Wildman–Crippen MR) is 82.0 cm³/mol. The van der Waals surface area contributed by atoms with Crippen molar-refractivity contribution in [2.24, 2.45) is 5.41 Å². The third kappa shape index (κ3) is 2.73. The van der Waals surface area contributed by atoms with Crippen molar-refractivity contribution in [3.63, 3.8) is 0 Å². The molecular formula is C16H23NO3S. The molecule has 116 valence electrons. The Labute approximate surface area is 129 Å². The smallest absolute Gasteiger partial charge is 0.347 e. The molecule has 0 spiro atoms. The summed E-state index contributed by atoms with van der Waals surface area (Å²) < 4.78 is 5.86. The average molecular weight is 309 g/mol. The molecule has 2 aliphatic carbocycles. The van der Waals surface area contributed by atoms with Gasteiger partial charge < -0.3 is 9.84 Å². The van der Waals surface area contributed by atoms with Crippen LogP contribution in [0.15, 0.2) is 0 Å². The predicted octanol–water partition coefficient (Wildman–Crippen LogP) is 4.16. The highest BCUT2D eigenvalue weighted by atomic mass is 32.1. The normalized spacial score (nSPS) is 24.0. The number of aromatic carboxylic acids is 1. The first kappa shape index (κ1) is 15.0. The van der Waals surface area contributed by atoms with E-state index < -0.39 is 5.97 Å². The van der Waals surface area contributed by atoms with E-state index in [1.54, 1.807) is 7.11 Å². The first-order chi connectivity index (χ1) is 9.87. The van der Waals surface area contributed by atoms with Crippen molar-refractivity contribution in [1.82, 2.24) is 4.98 Å². The van der Waals surface area contributed by atoms with Crippen molar-refractivity contribution in [3.8, 4) is 0 Å². The van der Waals surface area contributed by atoms with Crippen LogP contribution in [0.2, 0.25) is 0 Å². The second-order valence-corrected chi connectivity index (χ2v) is 8.17. The van der Waals surface area contributed by atoms with Gasteiger partial charge in [-0.15, -0.1) is 11.3 Å². The van der Waals surface area contributed by atoms with E-state index in [2.05, 4.69) is 13.8 Å². The van der Waals surface area contributed by atoms with Gasteiger partial charge in [-0.05, 0) is 43.9 Å². The van der Waals surface area contributed by atoms with Gasteiger partial charge in [0.25, 0.3) is 0 Å². The van der Waals surface area contributed by atoms with Gasteiger partial charge in [0.05, 0.1) is 5.69 Å². The number of carboxylic acids is 1. The number of hydrogen-bond donors (Lipinski definition) is 1. The number of carboxylic acid groups (broad SMARTS) is 1. The van der Waals surface area contributed by atoms with Gasteiger partial charge in [0.2, 0.25) is 0 Å². The van der Waals surface area contributed by atoms with Gasteiger partial charge in [-0.2, -0.15) is 0 Å². The molecule has 0 radical (unpaired) electrons. The Bertz CT molecular complexity index is 550. The van der Waals surface area contributed by atoms with Crippen LogP contribution in [0.3, 0.4) is 0 Å². The highest BCUT2D eigenvalue weighted by molar-refractivity contribution is 7.13. The molecule has 1 aromatic rings. The maximum absolute atomic E-state index is 11.5. The molecule has 0 unspecified atom stereocenters. The number of aromatic nitrogens is 1. The number of thiazole rings is 1. The van der Waals surface area contributed by atoms with Crippen molar-refractivity contribution in [2.75, 3.05) is 7.11 Å². The monoisotopic (exact) mass is 309 g/mol. The Morgan fingerprint density at radius 3 is 2.38 bits per heavy atom. The molecule has 0 bridgehead atoms. The average Bonchev–Trinajstić information content (AvgIpc) is 3.18. The minimum Gasteiger partial charge on any atom is -0.477 e. The molecule has 0 amide bonds. The molecule has 1 heterocycles. The number of carbonyl (C=O) groups is 1. The van der Waals surface area contributed by atoms with E-state index in [4.69, 9.17) is 9.72 Å². The van der Waals surface area contributed by atoms with Gasteiger partial charge in [-0.1, -0.05) is 13.8 Å². The molecule has 4 nitrogen and oxygen atoms in total. The van der Waals surface area contributed by atoms with Crippen LogP contribution in [-0.4, -0.2) is 23.2 Å². The van der Waals surface area contributed by atoms with Gasteiger partial charge in [0.1, 0.15) is 15.5 Å². The molecule has 5 heteroatoms. The molecule has 1 aromatic heterocycles. The summed E-state index contributed by atoms with van der Waals surface area (Å²) in [4.78, 5) is 16.6. The van der Waals surface area contributed by atoms with E-state index in [9.17, 15) is 9.90 Å². The molecule has 21 heavy (non-hydrogen) atoms. The van der Waals surface area contributed by atoms with Gasteiger partial charge >= 0.3 is 5.97 Å². The number of rotatable bonds is 4. The van der Waals surface area contributed by atoms with Crippen LogP contribution in [0.25, 0.3) is 0 Å². The minimum atomic E-state index is -0.844. The molecule has 2 saturated carbocycles. The lowest BCUT2D eigenvalue weighted by molar-refractivity contribution is -0.0668. The van der Waals surface area contributed by atoms with Crippen molar-refractivity contribution in [2.45, 2.75) is 63.9 Å². The number of methoxy groups -OCH3 is 1. The summed E-state index contributed by atoms with van der Waals surface area (Å²) in [7, 11) is 1.73. The first-order valence-corrected chi connectivity index (χ1v) is 8.48. The summed E-state index contributed by atoms with van der Waals surface area (Å²) in [6.07, 6.45) is 6.15. The van der Waals surface area contributed by atoms with Crippen molar-refractivity contribution < 1.29 is 14.6 Å². The van der Waals surface area contributed by atoms with Crippen molar-refractivity contribution in [3.05, 3.63) is 15.6 Å². The summed E-state index contributed by atoms with van der Waals surface area (Å²) in [5, 5.41) is 10.3. The zero-order valence-corrected chi connectivity index (χ0v) is 13.8.